The highest BCUT2D eigenvalue weighted by Crippen LogP contribution is 2.18. The molecule has 160 valence electrons. The zero-order valence-electron chi connectivity index (χ0n) is 18.2. The first-order valence-electron chi connectivity index (χ1n) is 10.5. The summed E-state index contributed by atoms with van der Waals surface area (Å²) in [6.07, 6.45) is 1.94. The van der Waals surface area contributed by atoms with Crippen LogP contribution in [0.2, 0.25) is 0 Å². The first-order chi connectivity index (χ1) is 13.7. The lowest BCUT2D eigenvalue weighted by atomic mass is 10.1. The van der Waals surface area contributed by atoms with Crippen molar-refractivity contribution in [3.8, 4) is 0 Å². The van der Waals surface area contributed by atoms with Crippen LogP contribution in [0.5, 0.6) is 0 Å². The lowest BCUT2D eigenvalue weighted by molar-refractivity contribution is 0.372. The molecule has 2 heterocycles. The summed E-state index contributed by atoms with van der Waals surface area (Å²) in [5, 5.41) is 8.18. The second kappa shape index (κ2) is 11.4. The molecular weight excluding hydrogens is 475 g/mol. The molecule has 0 aliphatic carbocycles. The van der Waals surface area contributed by atoms with Crippen molar-refractivity contribution >= 4 is 35.6 Å². The number of rotatable bonds is 6. The molecule has 1 aliphatic rings. The standard InChI is InChI=1S/C22H34N6.HI/c1-5-20-19(21(6-2)26(4)25-20)17-24-22(23-7-3)28-15-13-27(14-16-28)18-11-9-8-10-12-18;/h8-12H,5-7,13-17H2,1-4H3,(H,23,24);1H. The zero-order valence-corrected chi connectivity index (χ0v) is 20.5. The van der Waals surface area contributed by atoms with Crippen LogP contribution in [0.4, 0.5) is 5.69 Å². The summed E-state index contributed by atoms with van der Waals surface area (Å²) in [6, 6.07) is 10.7. The topological polar surface area (TPSA) is 48.7 Å². The summed E-state index contributed by atoms with van der Waals surface area (Å²) in [5.74, 6) is 1.02. The molecule has 29 heavy (non-hydrogen) atoms. The summed E-state index contributed by atoms with van der Waals surface area (Å²) in [5.41, 5.74) is 5.07. The van der Waals surface area contributed by atoms with Crippen molar-refractivity contribution in [1.29, 1.82) is 0 Å². The van der Waals surface area contributed by atoms with Crippen LogP contribution in [-0.4, -0.2) is 53.4 Å². The fraction of sp³-hybridized carbons (Fsp3) is 0.545. The van der Waals surface area contributed by atoms with Gasteiger partial charge in [0.1, 0.15) is 0 Å². The van der Waals surface area contributed by atoms with Gasteiger partial charge in [-0.3, -0.25) is 4.68 Å². The third kappa shape index (κ3) is 5.65. The van der Waals surface area contributed by atoms with E-state index in [4.69, 9.17) is 4.99 Å². The summed E-state index contributed by atoms with van der Waals surface area (Å²) >= 11 is 0. The number of nitrogens with one attached hydrogen (secondary N) is 1. The number of guanidine groups is 1. The van der Waals surface area contributed by atoms with E-state index in [9.17, 15) is 0 Å². The number of halogens is 1. The highest BCUT2D eigenvalue weighted by atomic mass is 127. The van der Waals surface area contributed by atoms with Gasteiger partial charge in [0.05, 0.1) is 12.2 Å². The van der Waals surface area contributed by atoms with Gasteiger partial charge < -0.3 is 15.1 Å². The van der Waals surface area contributed by atoms with Gasteiger partial charge in [-0.25, -0.2) is 4.99 Å². The lowest BCUT2D eigenvalue weighted by Crippen LogP contribution is -2.52. The summed E-state index contributed by atoms with van der Waals surface area (Å²) in [4.78, 5) is 9.83. The van der Waals surface area contributed by atoms with Crippen molar-refractivity contribution in [2.45, 2.75) is 40.2 Å². The Bertz CT molecular complexity index is 778. The molecule has 0 spiro atoms. The van der Waals surface area contributed by atoms with E-state index in [2.05, 4.69) is 71.3 Å². The third-order valence-corrected chi connectivity index (χ3v) is 5.45. The lowest BCUT2D eigenvalue weighted by Gasteiger charge is -2.37. The van der Waals surface area contributed by atoms with E-state index in [0.717, 1.165) is 51.5 Å². The van der Waals surface area contributed by atoms with E-state index in [-0.39, 0.29) is 24.0 Å². The van der Waals surface area contributed by atoms with Crippen molar-refractivity contribution in [2.24, 2.45) is 12.0 Å². The molecule has 1 N–H and O–H groups in total. The normalized spacial score (nSPS) is 14.7. The van der Waals surface area contributed by atoms with Crippen molar-refractivity contribution in [3.05, 3.63) is 47.3 Å². The van der Waals surface area contributed by atoms with E-state index in [1.807, 2.05) is 11.7 Å². The number of hydrogen-bond donors (Lipinski definition) is 1. The van der Waals surface area contributed by atoms with Crippen LogP contribution in [0.1, 0.15) is 37.7 Å². The SMILES string of the molecule is CCNC(=NCc1c(CC)nn(C)c1CC)N1CCN(c2ccccc2)CC1.I. The van der Waals surface area contributed by atoms with Crippen LogP contribution in [0, 0.1) is 0 Å². The molecule has 3 rings (SSSR count). The number of aryl methyl sites for hydroxylation is 2. The van der Waals surface area contributed by atoms with Crippen LogP contribution < -0.4 is 10.2 Å². The maximum absolute atomic E-state index is 5.00. The fourth-order valence-electron chi connectivity index (χ4n) is 3.97. The molecule has 1 saturated heterocycles. The van der Waals surface area contributed by atoms with E-state index < -0.39 is 0 Å². The van der Waals surface area contributed by atoms with Gasteiger partial charge in [0.25, 0.3) is 0 Å². The first-order valence-corrected chi connectivity index (χ1v) is 10.5. The van der Waals surface area contributed by atoms with Gasteiger partial charge in [-0.1, -0.05) is 32.0 Å². The molecule has 0 amide bonds. The van der Waals surface area contributed by atoms with Gasteiger partial charge in [-0.2, -0.15) is 5.10 Å². The Morgan fingerprint density at radius 3 is 2.31 bits per heavy atom. The number of benzene rings is 1. The molecular formula is C22H35IN6. The van der Waals surface area contributed by atoms with E-state index >= 15 is 0 Å². The summed E-state index contributed by atoms with van der Waals surface area (Å²) in [7, 11) is 2.04. The van der Waals surface area contributed by atoms with Crippen molar-refractivity contribution in [1.82, 2.24) is 20.0 Å². The number of hydrogen-bond acceptors (Lipinski definition) is 3. The molecule has 2 aromatic rings. The Labute approximate surface area is 192 Å². The Kier molecular flexibility index (Phi) is 9.26. The number of nitrogens with zero attached hydrogens (tertiary/aromatic N) is 5. The van der Waals surface area contributed by atoms with E-state index in [1.54, 1.807) is 0 Å². The number of aliphatic imine (C=N–C) groups is 1. The zero-order chi connectivity index (χ0) is 19.9. The van der Waals surface area contributed by atoms with E-state index in [1.165, 1.54) is 22.6 Å². The Hall–Kier alpha value is -1.77. The third-order valence-electron chi connectivity index (χ3n) is 5.45. The molecule has 0 bridgehead atoms. The quantitative estimate of drug-likeness (QED) is 0.368. The van der Waals surface area contributed by atoms with Crippen LogP contribution in [-0.2, 0) is 26.4 Å². The van der Waals surface area contributed by atoms with Crippen LogP contribution in [0.25, 0.3) is 0 Å². The molecule has 7 heteroatoms. The maximum Gasteiger partial charge on any atom is 0.194 e. The molecule has 0 unspecified atom stereocenters. The van der Waals surface area contributed by atoms with Gasteiger partial charge in [0.2, 0.25) is 0 Å². The molecule has 0 atom stereocenters. The molecule has 1 fully saturated rings. The minimum absolute atomic E-state index is 0. The molecule has 0 radical (unpaired) electrons. The largest absolute Gasteiger partial charge is 0.368 e. The Morgan fingerprint density at radius 2 is 1.72 bits per heavy atom. The minimum atomic E-state index is 0. The van der Waals surface area contributed by atoms with Crippen molar-refractivity contribution < 1.29 is 0 Å². The molecule has 1 aromatic heterocycles. The van der Waals surface area contributed by atoms with E-state index in [0.29, 0.717) is 6.54 Å². The first kappa shape index (κ1) is 23.5. The fourth-order valence-corrected chi connectivity index (χ4v) is 3.97. The van der Waals surface area contributed by atoms with Gasteiger partial charge >= 0.3 is 0 Å². The smallest absolute Gasteiger partial charge is 0.194 e. The Balaban J connectivity index is 0.00000300. The van der Waals surface area contributed by atoms with Crippen molar-refractivity contribution in [3.63, 3.8) is 0 Å². The van der Waals surface area contributed by atoms with Crippen LogP contribution >= 0.6 is 24.0 Å². The highest BCUT2D eigenvalue weighted by molar-refractivity contribution is 14.0. The Morgan fingerprint density at radius 1 is 1.03 bits per heavy atom. The average Bonchev–Trinajstić information content (AvgIpc) is 3.06. The second-order valence-electron chi connectivity index (χ2n) is 7.18. The van der Waals surface area contributed by atoms with Gasteiger partial charge in [0, 0.05) is 56.7 Å². The van der Waals surface area contributed by atoms with Gasteiger partial charge in [-0.15, -0.1) is 24.0 Å². The van der Waals surface area contributed by atoms with Crippen LogP contribution in [0.15, 0.2) is 35.3 Å². The maximum atomic E-state index is 5.00. The number of piperazine rings is 1. The van der Waals surface area contributed by atoms with Gasteiger partial charge in [0.15, 0.2) is 5.96 Å². The molecule has 1 aromatic carbocycles. The molecule has 6 nitrogen and oxygen atoms in total. The predicted octanol–water partition coefficient (Wildman–Crippen LogP) is 3.45. The van der Waals surface area contributed by atoms with Crippen molar-refractivity contribution in [2.75, 3.05) is 37.6 Å². The molecule has 1 aliphatic heterocycles. The summed E-state index contributed by atoms with van der Waals surface area (Å²) in [6.45, 7) is 12.1. The molecule has 0 saturated carbocycles. The number of anilines is 1. The monoisotopic (exact) mass is 510 g/mol. The number of para-hydroxylation sites is 1. The predicted molar refractivity (Wildman–Crippen MR) is 132 cm³/mol. The highest BCUT2D eigenvalue weighted by Gasteiger charge is 2.20. The van der Waals surface area contributed by atoms with Crippen LogP contribution in [0.3, 0.4) is 0 Å². The number of aromatic nitrogens is 2. The summed E-state index contributed by atoms with van der Waals surface area (Å²) < 4.78 is 2.02. The minimum Gasteiger partial charge on any atom is -0.368 e. The van der Waals surface area contributed by atoms with Gasteiger partial charge in [-0.05, 0) is 31.9 Å². The average molecular weight is 510 g/mol. The second-order valence-corrected chi connectivity index (χ2v) is 7.18.